The predicted octanol–water partition coefficient (Wildman–Crippen LogP) is 6.89. The molecule has 3 heterocycles. The molecule has 1 aliphatic heterocycles. The Morgan fingerprint density at radius 1 is 1.14 bits per heavy atom. The van der Waals surface area contributed by atoms with E-state index in [0.29, 0.717) is 10.6 Å². The first-order valence-corrected chi connectivity index (χ1v) is 13.2. The standard InChI is InChI=1S/C28H27ClN6S/c1-34-15-11-31-28(34)36-26-10-8-22(17-24(26)29)33-27-21(18-30)19-32-25-16-20(7-9-23(25)27)6-5-14-35-12-3-2-4-13-35/h5-11,15-17,19H,2-4,12-14H2,1H3,(H,32,33)/b6-5+. The van der Waals surface area contributed by atoms with Crippen molar-refractivity contribution in [2.75, 3.05) is 25.0 Å². The third-order valence-corrected chi connectivity index (χ3v) is 7.89. The van der Waals surface area contributed by atoms with Gasteiger partial charge in [-0.3, -0.25) is 9.88 Å². The van der Waals surface area contributed by atoms with Gasteiger partial charge in [-0.25, -0.2) is 4.98 Å². The second kappa shape index (κ2) is 11.2. The molecule has 2 aromatic heterocycles. The number of aryl methyl sites for hydroxylation is 1. The molecular formula is C28H27ClN6S. The van der Waals surface area contributed by atoms with Crippen LogP contribution in [-0.2, 0) is 7.05 Å². The lowest BCUT2D eigenvalue weighted by Crippen LogP contribution is -2.29. The fourth-order valence-electron chi connectivity index (χ4n) is 4.37. The topological polar surface area (TPSA) is 69.8 Å². The van der Waals surface area contributed by atoms with Crippen LogP contribution in [0.15, 0.2) is 71.1 Å². The van der Waals surface area contributed by atoms with Gasteiger partial charge in [0.1, 0.15) is 6.07 Å². The van der Waals surface area contributed by atoms with Gasteiger partial charge in [-0.2, -0.15) is 5.26 Å². The van der Waals surface area contributed by atoms with Crippen molar-refractivity contribution >= 4 is 51.7 Å². The van der Waals surface area contributed by atoms with Crippen molar-refractivity contribution in [2.45, 2.75) is 29.3 Å². The Balaban J connectivity index is 1.37. The number of pyridine rings is 1. The summed E-state index contributed by atoms with van der Waals surface area (Å²) in [7, 11) is 1.95. The highest BCUT2D eigenvalue weighted by molar-refractivity contribution is 7.99. The molecule has 0 unspecified atom stereocenters. The number of piperidine rings is 1. The van der Waals surface area contributed by atoms with E-state index < -0.39 is 0 Å². The summed E-state index contributed by atoms with van der Waals surface area (Å²) in [6, 6.07) is 14.2. The van der Waals surface area contributed by atoms with Crippen LogP contribution < -0.4 is 5.32 Å². The van der Waals surface area contributed by atoms with E-state index in [9.17, 15) is 5.26 Å². The molecule has 8 heteroatoms. The van der Waals surface area contributed by atoms with Crippen LogP contribution in [-0.4, -0.2) is 39.1 Å². The molecule has 182 valence electrons. The van der Waals surface area contributed by atoms with Crippen molar-refractivity contribution < 1.29 is 0 Å². The predicted molar refractivity (Wildman–Crippen MR) is 148 cm³/mol. The van der Waals surface area contributed by atoms with Crippen LogP contribution in [0.1, 0.15) is 30.4 Å². The molecule has 0 amide bonds. The molecule has 2 aromatic carbocycles. The first-order valence-electron chi connectivity index (χ1n) is 12.0. The third-order valence-electron chi connectivity index (χ3n) is 6.32. The first kappa shape index (κ1) is 24.4. The van der Waals surface area contributed by atoms with Crippen LogP contribution in [0.5, 0.6) is 0 Å². The number of halogens is 1. The molecule has 1 saturated heterocycles. The summed E-state index contributed by atoms with van der Waals surface area (Å²) in [6.45, 7) is 3.34. The molecule has 0 radical (unpaired) electrons. The Morgan fingerprint density at radius 3 is 2.75 bits per heavy atom. The second-order valence-corrected chi connectivity index (χ2v) is 10.3. The highest BCUT2D eigenvalue weighted by atomic mass is 35.5. The van der Waals surface area contributed by atoms with Crippen molar-refractivity contribution in [2.24, 2.45) is 7.05 Å². The van der Waals surface area contributed by atoms with Gasteiger partial charge >= 0.3 is 0 Å². The van der Waals surface area contributed by atoms with Crippen LogP contribution in [0.25, 0.3) is 17.0 Å². The zero-order valence-corrected chi connectivity index (χ0v) is 21.7. The molecular weight excluding hydrogens is 488 g/mol. The van der Waals surface area contributed by atoms with Crippen molar-refractivity contribution in [1.82, 2.24) is 19.4 Å². The van der Waals surface area contributed by atoms with Gasteiger partial charge in [0.25, 0.3) is 0 Å². The van der Waals surface area contributed by atoms with E-state index in [-0.39, 0.29) is 0 Å². The lowest BCUT2D eigenvalue weighted by atomic mass is 10.1. The molecule has 0 saturated carbocycles. The maximum absolute atomic E-state index is 9.73. The average Bonchev–Trinajstić information content (AvgIpc) is 3.30. The van der Waals surface area contributed by atoms with E-state index in [1.807, 2.05) is 42.1 Å². The summed E-state index contributed by atoms with van der Waals surface area (Å²) >= 11 is 8.11. The quantitative estimate of drug-likeness (QED) is 0.289. The summed E-state index contributed by atoms with van der Waals surface area (Å²) in [6.07, 6.45) is 13.6. The lowest BCUT2D eigenvalue weighted by Gasteiger charge is -2.24. The Kier molecular flexibility index (Phi) is 7.57. The first-order chi connectivity index (χ1) is 17.6. The van der Waals surface area contributed by atoms with Gasteiger partial charge in [-0.1, -0.05) is 54.1 Å². The van der Waals surface area contributed by atoms with Crippen LogP contribution >= 0.6 is 23.4 Å². The van der Waals surface area contributed by atoms with Crippen molar-refractivity contribution in [3.05, 3.63) is 77.2 Å². The highest BCUT2D eigenvalue weighted by Gasteiger charge is 2.12. The van der Waals surface area contributed by atoms with Crippen LogP contribution in [0.2, 0.25) is 5.02 Å². The van der Waals surface area contributed by atoms with Crippen molar-refractivity contribution in [3.8, 4) is 6.07 Å². The van der Waals surface area contributed by atoms with E-state index in [1.165, 1.54) is 44.1 Å². The fourth-order valence-corrected chi connectivity index (χ4v) is 5.47. The molecule has 36 heavy (non-hydrogen) atoms. The molecule has 0 aliphatic carbocycles. The molecule has 1 fully saturated rings. The maximum atomic E-state index is 9.73. The van der Waals surface area contributed by atoms with Gasteiger partial charge in [-0.05, 0) is 55.8 Å². The number of fused-ring (bicyclic) bond motifs is 1. The summed E-state index contributed by atoms with van der Waals surface area (Å²) in [5, 5.41) is 15.5. The van der Waals surface area contributed by atoms with Crippen LogP contribution in [0.3, 0.4) is 0 Å². The molecule has 1 aliphatic rings. The number of nitrogens with one attached hydrogen (secondary N) is 1. The summed E-state index contributed by atoms with van der Waals surface area (Å²) in [4.78, 5) is 12.3. The minimum absolute atomic E-state index is 0.485. The number of nitrogens with zero attached hydrogens (tertiary/aromatic N) is 5. The normalized spacial score (nSPS) is 14.4. The summed E-state index contributed by atoms with van der Waals surface area (Å²) < 4.78 is 1.95. The van der Waals surface area contributed by atoms with E-state index in [1.54, 1.807) is 12.4 Å². The van der Waals surface area contributed by atoms with E-state index >= 15 is 0 Å². The zero-order valence-electron chi connectivity index (χ0n) is 20.1. The number of nitriles is 1. The fraction of sp³-hybridized carbons (Fsp3) is 0.250. The summed E-state index contributed by atoms with van der Waals surface area (Å²) in [5.74, 6) is 0. The number of aromatic nitrogens is 3. The van der Waals surface area contributed by atoms with Crippen molar-refractivity contribution in [3.63, 3.8) is 0 Å². The number of imidazole rings is 1. The van der Waals surface area contributed by atoms with Gasteiger partial charge in [0.15, 0.2) is 5.16 Å². The van der Waals surface area contributed by atoms with Gasteiger partial charge in [-0.15, -0.1) is 0 Å². The molecule has 6 nitrogen and oxygen atoms in total. The number of likely N-dealkylation sites (tertiary alicyclic amines) is 1. The average molecular weight is 515 g/mol. The Hall–Kier alpha value is -3.31. The lowest BCUT2D eigenvalue weighted by molar-refractivity contribution is 0.252. The Morgan fingerprint density at radius 2 is 2.00 bits per heavy atom. The maximum Gasteiger partial charge on any atom is 0.172 e. The van der Waals surface area contributed by atoms with Gasteiger partial charge in [0, 0.05) is 48.2 Å². The molecule has 0 atom stereocenters. The molecule has 0 spiro atoms. The molecule has 5 rings (SSSR count). The minimum atomic E-state index is 0.485. The summed E-state index contributed by atoms with van der Waals surface area (Å²) in [5.41, 5.74) is 3.95. The van der Waals surface area contributed by atoms with Gasteiger partial charge in [0.05, 0.1) is 21.8 Å². The monoisotopic (exact) mass is 514 g/mol. The number of rotatable bonds is 7. The number of hydrogen-bond acceptors (Lipinski definition) is 6. The number of benzene rings is 2. The molecule has 1 N–H and O–H groups in total. The zero-order chi connectivity index (χ0) is 24.9. The Bertz CT molecular complexity index is 1450. The number of anilines is 2. The SMILES string of the molecule is Cn1ccnc1Sc1ccc(Nc2c(C#N)cnc3cc(/C=C/CN4CCCCC4)ccc23)cc1Cl. The highest BCUT2D eigenvalue weighted by Crippen LogP contribution is 2.36. The number of hydrogen-bond donors (Lipinski definition) is 1. The van der Waals surface area contributed by atoms with Crippen LogP contribution in [0, 0.1) is 11.3 Å². The van der Waals surface area contributed by atoms with E-state index in [2.05, 4.69) is 50.5 Å². The third kappa shape index (κ3) is 5.57. The van der Waals surface area contributed by atoms with Gasteiger partial charge in [0.2, 0.25) is 0 Å². The molecule has 0 bridgehead atoms. The second-order valence-electron chi connectivity index (χ2n) is 8.89. The minimum Gasteiger partial charge on any atom is -0.354 e. The van der Waals surface area contributed by atoms with Crippen LogP contribution in [0.4, 0.5) is 11.4 Å². The van der Waals surface area contributed by atoms with Gasteiger partial charge < -0.3 is 9.88 Å². The van der Waals surface area contributed by atoms with Crippen molar-refractivity contribution in [1.29, 1.82) is 5.26 Å². The Labute approximate surface area is 220 Å². The van der Waals surface area contributed by atoms with E-state index in [4.69, 9.17) is 11.6 Å². The van der Waals surface area contributed by atoms with E-state index in [0.717, 1.165) is 44.4 Å². The largest absolute Gasteiger partial charge is 0.354 e. The molecule has 4 aromatic rings. The smallest absolute Gasteiger partial charge is 0.172 e.